The molecule has 2 heterocycles. The van der Waals surface area contributed by atoms with E-state index < -0.39 is 5.60 Å². The van der Waals surface area contributed by atoms with Crippen molar-refractivity contribution in [3.8, 4) is 0 Å². The van der Waals surface area contributed by atoms with Crippen LogP contribution in [0.3, 0.4) is 0 Å². The summed E-state index contributed by atoms with van der Waals surface area (Å²) >= 11 is 0. The maximum Gasteiger partial charge on any atom is 0.0855 e. The number of aliphatic hydroxyl groups is 1. The molecule has 1 aromatic rings. The Morgan fingerprint density at radius 2 is 2.20 bits per heavy atom. The molecule has 1 aromatic carbocycles. The molecule has 0 aliphatic carbocycles. The number of ether oxygens (including phenoxy) is 1. The lowest BCUT2D eigenvalue weighted by molar-refractivity contribution is -0.0845. The quantitative estimate of drug-likeness (QED) is 0.900. The summed E-state index contributed by atoms with van der Waals surface area (Å²) in [6, 6.07) is 8.94. The van der Waals surface area contributed by atoms with Gasteiger partial charge in [0, 0.05) is 19.0 Å². The third-order valence-electron chi connectivity index (χ3n) is 5.02. The Morgan fingerprint density at radius 1 is 1.40 bits per heavy atom. The van der Waals surface area contributed by atoms with Gasteiger partial charge in [-0.2, -0.15) is 0 Å². The highest BCUT2D eigenvalue weighted by atomic mass is 16.5. The van der Waals surface area contributed by atoms with Crippen LogP contribution in [0.1, 0.15) is 43.4 Å². The van der Waals surface area contributed by atoms with Crippen molar-refractivity contribution in [1.29, 1.82) is 0 Å². The van der Waals surface area contributed by atoms with Gasteiger partial charge < -0.3 is 14.7 Å². The lowest BCUT2D eigenvalue weighted by atomic mass is 9.80. The first kappa shape index (κ1) is 14.1. The second-order valence-electron chi connectivity index (χ2n) is 6.52. The SMILES string of the molecule is CC1CC(O)(CC2OCCc3ccccc32)CCN1C. The van der Waals surface area contributed by atoms with Gasteiger partial charge in [0.15, 0.2) is 0 Å². The van der Waals surface area contributed by atoms with Crippen LogP contribution in [-0.4, -0.2) is 41.8 Å². The number of nitrogens with zero attached hydrogens (tertiary/aromatic N) is 1. The third kappa shape index (κ3) is 2.76. The van der Waals surface area contributed by atoms with Crippen molar-refractivity contribution >= 4 is 0 Å². The second-order valence-corrected chi connectivity index (χ2v) is 6.52. The van der Waals surface area contributed by atoms with E-state index in [4.69, 9.17) is 4.74 Å². The zero-order valence-corrected chi connectivity index (χ0v) is 12.5. The van der Waals surface area contributed by atoms with Gasteiger partial charge in [-0.3, -0.25) is 0 Å². The fourth-order valence-corrected chi connectivity index (χ4v) is 3.59. The number of likely N-dealkylation sites (tertiary alicyclic amines) is 1. The Morgan fingerprint density at radius 3 is 3.00 bits per heavy atom. The average molecular weight is 275 g/mol. The number of rotatable bonds is 2. The monoisotopic (exact) mass is 275 g/mol. The topological polar surface area (TPSA) is 32.7 Å². The Kier molecular flexibility index (Phi) is 3.85. The Balaban J connectivity index is 1.75. The van der Waals surface area contributed by atoms with Gasteiger partial charge in [-0.05, 0) is 44.4 Å². The van der Waals surface area contributed by atoms with Crippen molar-refractivity contribution in [2.75, 3.05) is 20.2 Å². The molecular formula is C17H25NO2. The molecule has 3 heteroatoms. The fourth-order valence-electron chi connectivity index (χ4n) is 3.59. The maximum atomic E-state index is 10.9. The van der Waals surface area contributed by atoms with Crippen LogP contribution in [0.25, 0.3) is 0 Å². The molecule has 1 fully saturated rings. The van der Waals surface area contributed by atoms with E-state index in [1.807, 2.05) is 0 Å². The Hall–Kier alpha value is -0.900. The van der Waals surface area contributed by atoms with Crippen LogP contribution in [0.4, 0.5) is 0 Å². The molecule has 1 N–H and O–H groups in total. The molecule has 0 aromatic heterocycles. The van der Waals surface area contributed by atoms with Crippen molar-refractivity contribution < 1.29 is 9.84 Å². The minimum Gasteiger partial charge on any atom is -0.390 e. The molecule has 110 valence electrons. The van der Waals surface area contributed by atoms with Crippen LogP contribution in [0.2, 0.25) is 0 Å². The van der Waals surface area contributed by atoms with E-state index in [0.717, 1.165) is 38.8 Å². The summed E-state index contributed by atoms with van der Waals surface area (Å²) in [6.07, 6.45) is 3.45. The lowest BCUT2D eigenvalue weighted by Crippen LogP contribution is -2.48. The third-order valence-corrected chi connectivity index (χ3v) is 5.02. The van der Waals surface area contributed by atoms with Crippen LogP contribution in [-0.2, 0) is 11.2 Å². The molecule has 2 aliphatic heterocycles. The van der Waals surface area contributed by atoms with Crippen molar-refractivity contribution in [3.63, 3.8) is 0 Å². The van der Waals surface area contributed by atoms with E-state index in [9.17, 15) is 5.11 Å². The maximum absolute atomic E-state index is 10.9. The molecule has 0 bridgehead atoms. The Bertz CT molecular complexity index is 476. The van der Waals surface area contributed by atoms with Gasteiger partial charge in [-0.25, -0.2) is 0 Å². The van der Waals surface area contributed by atoms with Crippen LogP contribution >= 0.6 is 0 Å². The Labute approximate surface area is 121 Å². The highest BCUT2D eigenvalue weighted by molar-refractivity contribution is 5.31. The zero-order valence-electron chi connectivity index (χ0n) is 12.5. The smallest absolute Gasteiger partial charge is 0.0855 e. The summed E-state index contributed by atoms with van der Waals surface area (Å²) in [4.78, 5) is 2.32. The standard InChI is InChI=1S/C17H25NO2/c1-13-11-17(19,8-9-18(13)2)12-16-15-6-4-3-5-14(15)7-10-20-16/h3-6,13,16,19H,7-12H2,1-2H3. The first-order chi connectivity index (χ1) is 9.57. The minimum atomic E-state index is -0.582. The number of benzene rings is 1. The van der Waals surface area contributed by atoms with E-state index in [2.05, 4.69) is 43.1 Å². The van der Waals surface area contributed by atoms with Gasteiger partial charge in [0.05, 0.1) is 18.3 Å². The predicted octanol–water partition coefficient (Wildman–Crippen LogP) is 2.54. The van der Waals surface area contributed by atoms with Gasteiger partial charge in [0.1, 0.15) is 0 Å². The van der Waals surface area contributed by atoms with Gasteiger partial charge in [0.25, 0.3) is 0 Å². The highest BCUT2D eigenvalue weighted by Gasteiger charge is 2.38. The largest absolute Gasteiger partial charge is 0.390 e. The molecule has 20 heavy (non-hydrogen) atoms. The molecule has 0 amide bonds. The average Bonchev–Trinajstić information content (AvgIpc) is 2.44. The molecule has 3 unspecified atom stereocenters. The van der Waals surface area contributed by atoms with Crippen molar-refractivity contribution in [2.24, 2.45) is 0 Å². The van der Waals surface area contributed by atoms with Gasteiger partial charge in [-0.1, -0.05) is 24.3 Å². The molecular weight excluding hydrogens is 250 g/mol. The van der Waals surface area contributed by atoms with Gasteiger partial charge in [-0.15, -0.1) is 0 Å². The lowest BCUT2D eigenvalue weighted by Gasteiger charge is -2.43. The number of hydrogen-bond acceptors (Lipinski definition) is 3. The van der Waals surface area contributed by atoms with E-state index in [1.54, 1.807) is 0 Å². The summed E-state index contributed by atoms with van der Waals surface area (Å²) in [5, 5.41) is 10.9. The molecule has 3 atom stereocenters. The first-order valence-electron chi connectivity index (χ1n) is 7.69. The van der Waals surface area contributed by atoms with Gasteiger partial charge in [0.2, 0.25) is 0 Å². The number of fused-ring (bicyclic) bond motifs is 1. The summed E-state index contributed by atoms with van der Waals surface area (Å²) in [6.45, 7) is 3.93. The highest BCUT2D eigenvalue weighted by Crippen LogP contribution is 2.38. The molecule has 3 rings (SSSR count). The molecule has 0 saturated carbocycles. The van der Waals surface area contributed by atoms with Gasteiger partial charge >= 0.3 is 0 Å². The number of hydrogen-bond donors (Lipinski definition) is 1. The zero-order chi connectivity index (χ0) is 14.2. The molecule has 3 nitrogen and oxygen atoms in total. The van der Waals surface area contributed by atoms with Crippen LogP contribution in [0.5, 0.6) is 0 Å². The van der Waals surface area contributed by atoms with E-state index >= 15 is 0 Å². The predicted molar refractivity (Wildman–Crippen MR) is 79.7 cm³/mol. The first-order valence-corrected chi connectivity index (χ1v) is 7.69. The molecule has 0 radical (unpaired) electrons. The fraction of sp³-hybridized carbons (Fsp3) is 0.647. The molecule has 0 spiro atoms. The van der Waals surface area contributed by atoms with E-state index in [1.165, 1.54) is 11.1 Å². The summed E-state index contributed by atoms with van der Waals surface area (Å²) in [5.41, 5.74) is 2.08. The summed E-state index contributed by atoms with van der Waals surface area (Å²) < 4.78 is 5.96. The summed E-state index contributed by atoms with van der Waals surface area (Å²) in [5.74, 6) is 0. The van der Waals surface area contributed by atoms with Crippen molar-refractivity contribution in [1.82, 2.24) is 4.90 Å². The van der Waals surface area contributed by atoms with Crippen molar-refractivity contribution in [2.45, 2.75) is 50.4 Å². The van der Waals surface area contributed by atoms with Crippen LogP contribution < -0.4 is 0 Å². The number of piperidine rings is 1. The van der Waals surface area contributed by atoms with E-state index in [0.29, 0.717) is 6.04 Å². The van der Waals surface area contributed by atoms with Crippen LogP contribution in [0, 0.1) is 0 Å². The normalized spacial score (nSPS) is 34.8. The van der Waals surface area contributed by atoms with E-state index in [-0.39, 0.29) is 6.10 Å². The summed E-state index contributed by atoms with van der Waals surface area (Å²) in [7, 11) is 2.14. The van der Waals surface area contributed by atoms with Crippen molar-refractivity contribution in [3.05, 3.63) is 35.4 Å². The second kappa shape index (κ2) is 5.47. The van der Waals surface area contributed by atoms with Crippen LogP contribution in [0.15, 0.2) is 24.3 Å². The molecule has 1 saturated heterocycles. The molecule has 2 aliphatic rings. The minimum absolute atomic E-state index is 0.0561.